The van der Waals surface area contributed by atoms with Gasteiger partial charge in [-0.15, -0.1) is 0 Å². The molecule has 0 amide bonds. The van der Waals surface area contributed by atoms with Gasteiger partial charge in [0, 0.05) is 37.1 Å². The maximum atomic E-state index is 6.08. The van der Waals surface area contributed by atoms with Gasteiger partial charge in [0.2, 0.25) is 5.95 Å². The molecule has 11 nitrogen and oxygen atoms in total. The lowest BCUT2D eigenvalue weighted by Gasteiger charge is -2.30. The van der Waals surface area contributed by atoms with Gasteiger partial charge in [0.15, 0.2) is 11.5 Å². The summed E-state index contributed by atoms with van der Waals surface area (Å²) in [6.45, 7) is 3.68. The molecular formula is C24H24N10O. The van der Waals surface area contributed by atoms with Crippen LogP contribution >= 0.6 is 0 Å². The molecule has 6 rings (SSSR count). The molecule has 3 N–H and O–H groups in total. The molecular weight excluding hydrogens is 444 g/mol. The van der Waals surface area contributed by atoms with Crippen LogP contribution in [0.15, 0.2) is 55.4 Å². The van der Waals surface area contributed by atoms with Crippen molar-refractivity contribution >= 4 is 34.1 Å². The van der Waals surface area contributed by atoms with E-state index in [-0.39, 0.29) is 6.04 Å². The molecule has 1 fully saturated rings. The summed E-state index contributed by atoms with van der Waals surface area (Å²) in [5.41, 5.74) is 9.96. The van der Waals surface area contributed by atoms with Gasteiger partial charge in [-0.1, -0.05) is 0 Å². The molecule has 0 bridgehead atoms. The molecule has 1 aliphatic heterocycles. The minimum Gasteiger partial charge on any atom is -0.457 e. The SMILES string of the molecule is Cc1cc(Nc2ncnc3cnc(N4CCC(N)CC4)nc23)ccc1Oc1ccn2ncnc2c1. The summed E-state index contributed by atoms with van der Waals surface area (Å²) < 4.78 is 7.77. The maximum absolute atomic E-state index is 6.08. The van der Waals surface area contributed by atoms with Gasteiger partial charge >= 0.3 is 0 Å². The molecule has 11 heteroatoms. The van der Waals surface area contributed by atoms with Crippen molar-refractivity contribution in [1.29, 1.82) is 0 Å². The zero-order valence-corrected chi connectivity index (χ0v) is 19.2. The summed E-state index contributed by atoms with van der Waals surface area (Å²) in [4.78, 5) is 24.4. The number of pyridine rings is 1. The van der Waals surface area contributed by atoms with Crippen LogP contribution in [-0.2, 0) is 0 Å². The molecule has 5 aromatic rings. The van der Waals surface area contributed by atoms with Crippen LogP contribution in [-0.4, -0.2) is 53.7 Å². The Bertz CT molecular complexity index is 1510. The molecule has 0 aliphatic carbocycles. The number of rotatable bonds is 5. The van der Waals surface area contributed by atoms with Crippen molar-refractivity contribution in [1.82, 2.24) is 34.5 Å². The number of aryl methyl sites for hydroxylation is 1. The van der Waals surface area contributed by atoms with Gasteiger partial charge in [-0.2, -0.15) is 5.10 Å². The molecule has 0 radical (unpaired) electrons. The van der Waals surface area contributed by atoms with Crippen LogP contribution in [0.4, 0.5) is 17.5 Å². The van der Waals surface area contributed by atoms with Crippen LogP contribution in [0.5, 0.6) is 11.5 Å². The minimum atomic E-state index is 0.244. The van der Waals surface area contributed by atoms with Crippen LogP contribution in [0, 0.1) is 6.92 Å². The first-order valence-corrected chi connectivity index (χ1v) is 11.5. The number of aromatic nitrogens is 7. The number of hydrogen-bond donors (Lipinski definition) is 2. The number of hydrogen-bond acceptors (Lipinski definition) is 10. The molecule has 1 aliphatic rings. The van der Waals surface area contributed by atoms with E-state index in [2.05, 4.69) is 35.3 Å². The number of piperidine rings is 1. The monoisotopic (exact) mass is 468 g/mol. The molecule has 0 saturated carbocycles. The van der Waals surface area contributed by atoms with Crippen molar-refractivity contribution in [2.45, 2.75) is 25.8 Å². The minimum absolute atomic E-state index is 0.244. The molecule has 176 valence electrons. The summed E-state index contributed by atoms with van der Waals surface area (Å²) >= 11 is 0. The topological polar surface area (TPSA) is 132 Å². The number of benzene rings is 1. The first kappa shape index (κ1) is 21.2. The van der Waals surface area contributed by atoms with Gasteiger partial charge in [0.05, 0.1) is 6.20 Å². The maximum Gasteiger partial charge on any atom is 0.226 e. The van der Waals surface area contributed by atoms with Gasteiger partial charge < -0.3 is 20.7 Å². The third kappa shape index (κ3) is 4.28. The number of nitrogens with zero attached hydrogens (tertiary/aromatic N) is 8. The van der Waals surface area contributed by atoms with E-state index in [9.17, 15) is 0 Å². The van der Waals surface area contributed by atoms with Gasteiger partial charge in [0.1, 0.15) is 35.2 Å². The highest BCUT2D eigenvalue weighted by atomic mass is 16.5. The first-order chi connectivity index (χ1) is 17.1. The second kappa shape index (κ2) is 8.76. The quantitative estimate of drug-likeness (QED) is 0.396. The lowest BCUT2D eigenvalue weighted by atomic mass is 10.1. The van der Waals surface area contributed by atoms with E-state index in [1.807, 2.05) is 43.5 Å². The van der Waals surface area contributed by atoms with E-state index in [4.69, 9.17) is 15.5 Å². The van der Waals surface area contributed by atoms with E-state index in [0.717, 1.165) is 48.6 Å². The van der Waals surface area contributed by atoms with Gasteiger partial charge in [-0.05, 0) is 49.6 Å². The van der Waals surface area contributed by atoms with Gasteiger partial charge in [0.25, 0.3) is 0 Å². The predicted molar refractivity (Wildman–Crippen MR) is 132 cm³/mol. The lowest BCUT2D eigenvalue weighted by Crippen LogP contribution is -2.40. The fraction of sp³-hybridized carbons (Fsp3) is 0.250. The van der Waals surface area contributed by atoms with E-state index in [0.29, 0.717) is 28.5 Å². The number of nitrogens with one attached hydrogen (secondary N) is 1. The van der Waals surface area contributed by atoms with Gasteiger partial charge in [-0.3, -0.25) is 0 Å². The standard InChI is InChI=1S/C24H24N10O/c1-15-10-17(2-3-20(15)35-18-6-9-34-21(11-18)28-14-30-34)31-23-22-19(27-13-29-23)12-26-24(32-22)33-7-4-16(25)5-8-33/h2-3,6,9-14,16H,4-5,7-8,25H2,1H3,(H,27,29,31). The van der Waals surface area contributed by atoms with Crippen LogP contribution in [0.25, 0.3) is 16.7 Å². The summed E-state index contributed by atoms with van der Waals surface area (Å²) in [6.07, 6.45) is 8.44. The van der Waals surface area contributed by atoms with Crippen molar-refractivity contribution in [3.05, 3.63) is 60.9 Å². The highest BCUT2D eigenvalue weighted by Gasteiger charge is 2.19. The zero-order valence-electron chi connectivity index (χ0n) is 19.2. The van der Waals surface area contributed by atoms with Crippen molar-refractivity contribution in [3.63, 3.8) is 0 Å². The number of nitrogens with two attached hydrogens (primary N) is 1. The Hall–Kier alpha value is -4.38. The van der Waals surface area contributed by atoms with Crippen molar-refractivity contribution in [2.75, 3.05) is 23.3 Å². The number of fused-ring (bicyclic) bond motifs is 2. The molecule has 1 aromatic carbocycles. The summed E-state index contributed by atoms with van der Waals surface area (Å²) in [5.74, 6) is 2.74. The molecule has 4 aromatic heterocycles. The first-order valence-electron chi connectivity index (χ1n) is 11.5. The van der Waals surface area contributed by atoms with Crippen LogP contribution in [0.1, 0.15) is 18.4 Å². The van der Waals surface area contributed by atoms with Crippen LogP contribution < -0.4 is 20.7 Å². The fourth-order valence-corrected chi connectivity index (χ4v) is 4.15. The normalized spacial score (nSPS) is 14.5. The number of ether oxygens (including phenoxy) is 1. The van der Waals surface area contributed by atoms with E-state index in [1.54, 1.807) is 10.7 Å². The Morgan fingerprint density at radius 3 is 2.77 bits per heavy atom. The molecule has 0 unspecified atom stereocenters. The van der Waals surface area contributed by atoms with Crippen molar-refractivity contribution in [2.24, 2.45) is 5.73 Å². The van der Waals surface area contributed by atoms with Crippen molar-refractivity contribution in [3.8, 4) is 11.5 Å². The predicted octanol–water partition coefficient (Wildman–Crippen LogP) is 3.23. The van der Waals surface area contributed by atoms with Crippen molar-refractivity contribution < 1.29 is 4.74 Å². The third-order valence-electron chi connectivity index (χ3n) is 6.10. The summed E-state index contributed by atoms with van der Waals surface area (Å²) in [7, 11) is 0. The molecule has 35 heavy (non-hydrogen) atoms. The zero-order chi connectivity index (χ0) is 23.8. The average molecular weight is 469 g/mol. The molecule has 0 spiro atoms. The Morgan fingerprint density at radius 1 is 1.03 bits per heavy atom. The second-order valence-electron chi connectivity index (χ2n) is 8.58. The van der Waals surface area contributed by atoms with E-state index >= 15 is 0 Å². The van der Waals surface area contributed by atoms with E-state index in [1.165, 1.54) is 12.7 Å². The highest BCUT2D eigenvalue weighted by Crippen LogP contribution is 2.30. The lowest BCUT2D eigenvalue weighted by molar-refractivity contribution is 0.478. The Labute approximate surface area is 201 Å². The Morgan fingerprint density at radius 2 is 1.91 bits per heavy atom. The third-order valence-corrected chi connectivity index (χ3v) is 6.10. The molecule has 0 atom stereocenters. The smallest absolute Gasteiger partial charge is 0.226 e. The molecule has 1 saturated heterocycles. The fourth-order valence-electron chi connectivity index (χ4n) is 4.15. The summed E-state index contributed by atoms with van der Waals surface area (Å²) in [5, 5.41) is 7.49. The highest BCUT2D eigenvalue weighted by molar-refractivity contribution is 5.87. The Balaban J connectivity index is 1.24. The molecule has 5 heterocycles. The number of anilines is 3. The summed E-state index contributed by atoms with van der Waals surface area (Å²) in [6, 6.07) is 9.82. The van der Waals surface area contributed by atoms with Crippen LogP contribution in [0.2, 0.25) is 0 Å². The van der Waals surface area contributed by atoms with Crippen LogP contribution in [0.3, 0.4) is 0 Å². The van der Waals surface area contributed by atoms with Gasteiger partial charge in [-0.25, -0.2) is 29.4 Å². The second-order valence-corrected chi connectivity index (χ2v) is 8.58. The largest absolute Gasteiger partial charge is 0.457 e. The average Bonchev–Trinajstić information content (AvgIpc) is 3.34. The Kier molecular flexibility index (Phi) is 5.30. The van der Waals surface area contributed by atoms with E-state index < -0.39 is 0 Å².